The zero-order chi connectivity index (χ0) is 46.8. The van der Waals surface area contributed by atoms with Gasteiger partial charge in [0, 0.05) is 38.6 Å². The van der Waals surface area contributed by atoms with E-state index in [1.54, 1.807) is 12.1 Å². The van der Waals surface area contributed by atoms with Crippen molar-refractivity contribution in [2.24, 2.45) is 0 Å². The summed E-state index contributed by atoms with van der Waals surface area (Å²) < 4.78 is 2.26. The first-order valence-electron chi connectivity index (χ1n) is 22.1. The fraction of sp³-hybridized carbons (Fsp3) is 0. The molecule has 11 aromatic rings. The number of fused-ring (bicyclic) bond motifs is 3. The molecule has 0 radical (unpaired) electrons. The van der Waals surface area contributed by atoms with Crippen LogP contribution in [-0.4, -0.2) is 19.5 Å². The summed E-state index contributed by atoms with van der Waals surface area (Å²) in [6, 6.07) is 71.6. The van der Waals surface area contributed by atoms with E-state index in [1.807, 2.05) is 152 Å². The smallest absolute Gasteiger partial charge is 0.194 e. The van der Waals surface area contributed by atoms with E-state index in [1.165, 1.54) is 0 Å². The van der Waals surface area contributed by atoms with E-state index in [9.17, 15) is 10.5 Å². The molecule has 0 aliphatic heterocycles. The molecule has 8 nitrogen and oxygen atoms in total. The Morgan fingerprint density at radius 1 is 0.391 bits per heavy atom. The van der Waals surface area contributed by atoms with E-state index in [2.05, 4.69) is 68.9 Å². The van der Waals surface area contributed by atoms with Crippen LogP contribution in [0.5, 0.6) is 0 Å². The van der Waals surface area contributed by atoms with Crippen LogP contribution in [0.3, 0.4) is 0 Å². The summed E-state index contributed by atoms with van der Waals surface area (Å²) in [5, 5.41) is 22.4. The minimum atomic E-state index is 0.445. The van der Waals surface area contributed by atoms with Gasteiger partial charge in [-0.05, 0) is 94.0 Å². The van der Waals surface area contributed by atoms with Gasteiger partial charge in [-0.1, -0.05) is 146 Å². The summed E-state index contributed by atoms with van der Waals surface area (Å²) in [5.74, 6) is 1.47. The van der Waals surface area contributed by atoms with Crippen LogP contribution in [0.15, 0.2) is 206 Å². The van der Waals surface area contributed by atoms with Crippen molar-refractivity contribution in [3.05, 3.63) is 240 Å². The van der Waals surface area contributed by atoms with Gasteiger partial charge in [0.15, 0.2) is 28.8 Å². The highest BCUT2D eigenvalue weighted by molar-refractivity contribution is 6.13. The van der Waals surface area contributed by atoms with Gasteiger partial charge in [0.1, 0.15) is 0 Å². The Hall–Kier alpha value is -10.3. The summed E-state index contributed by atoms with van der Waals surface area (Å²) >= 11 is 0. The molecule has 2 aromatic heterocycles. The lowest BCUT2D eigenvalue weighted by Gasteiger charge is -2.21. The van der Waals surface area contributed by atoms with E-state index in [-0.39, 0.29) is 0 Å². The van der Waals surface area contributed by atoms with E-state index in [0.29, 0.717) is 45.5 Å². The highest BCUT2D eigenvalue weighted by Crippen LogP contribution is 2.46. The van der Waals surface area contributed by atoms with Crippen LogP contribution in [0.25, 0.3) is 116 Å². The van der Waals surface area contributed by atoms with Crippen LogP contribution in [-0.2, 0) is 0 Å². The Morgan fingerprint density at radius 2 is 0.899 bits per heavy atom. The SMILES string of the molecule is [C-]#[N+]c1cccc(-c2cc(-c3nc(-c4ccccc4)nc(-c4ccccc4)n3)cc(-c3cccc(C#N)c3)c2-n2c3ccc(-c4ccccc4C#N)cc3c3cc(-c4ccccc4[N+]#[C-])ccc32)c1. The van der Waals surface area contributed by atoms with Gasteiger partial charge in [0.25, 0.3) is 0 Å². The minimum absolute atomic E-state index is 0.445. The summed E-state index contributed by atoms with van der Waals surface area (Å²) in [5.41, 5.74) is 13.6. The predicted octanol–water partition coefficient (Wildman–Crippen LogP) is 15.5. The van der Waals surface area contributed by atoms with Gasteiger partial charge < -0.3 is 4.57 Å². The van der Waals surface area contributed by atoms with Gasteiger partial charge in [-0.25, -0.2) is 24.6 Å². The number of nitrogens with zero attached hydrogens (tertiary/aromatic N) is 8. The number of nitriles is 2. The Morgan fingerprint density at radius 3 is 1.49 bits per heavy atom. The maximum atomic E-state index is 10.3. The van der Waals surface area contributed by atoms with Crippen molar-refractivity contribution < 1.29 is 0 Å². The van der Waals surface area contributed by atoms with Crippen LogP contribution in [0.4, 0.5) is 11.4 Å². The lowest BCUT2D eigenvalue weighted by atomic mass is 9.91. The third-order valence-electron chi connectivity index (χ3n) is 12.3. The molecule has 69 heavy (non-hydrogen) atoms. The van der Waals surface area contributed by atoms with Crippen molar-refractivity contribution in [1.82, 2.24) is 19.5 Å². The molecule has 2 heterocycles. The van der Waals surface area contributed by atoms with Gasteiger partial charge in [-0.2, -0.15) is 10.5 Å². The van der Waals surface area contributed by atoms with Gasteiger partial charge in [-0.3, -0.25) is 0 Å². The molecule has 0 N–H and O–H groups in total. The van der Waals surface area contributed by atoms with Gasteiger partial charge in [-0.15, -0.1) is 0 Å². The standard InChI is InChI=1S/C61H34N8/c1-64-48-23-14-22-43(32-48)52-36-47(61-67-59(40-16-5-3-6-17-40)66-60(68-61)41-18-7-4-8-19-41)35-51(42-21-13-15-39(31-42)37-62)58(52)69-56-29-27-44(49-24-10-9-20-46(49)38-63)33-53(56)54-34-45(28-30-57(54)69)50-25-11-12-26-55(50)65-2/h3-36H. The van der Waals surface area contributed by atoms with E-state index in [0.717, 1.165) is 83.1 Å². The second-order valence-electron chi connectivity index (χ2n) is 16.4. The largest absolute Gasteiger partial charge is 0.308 e. The molecule has 8 heteroatoms. The fourth-order valence-corrected chi connectivity index (χ4v) is 9.13. The van der Waals surface area contributed by atoms with Crippen LogP contribution in [0.1, 0.15) is 11.1 Å². The van der Waals surface area contributed by atoms with Crippen molar-refractivity contribution in [3.8, 4) is 96.5 Å². The fourth-order valence-electron chi connectivity index (χ4n) is 9.13. The molecule has 0 saturated heterocycles. The van der Waals surface area contributed by atoms with Crippen molar-refractivity contribution in [2.45, 2.75) is 0 Å². The average Bonchev–Trinajstić information content (AvgIpc) is 3.75. The Labute approximate surface area is 398 Å². The van der Waals surface area contributed by atoms with Gasteiger partial charge in [0.2, 0.25) is 0 Å². The Bertz CT molecular complexity index is 3760. The van der Waals surface area contributed by atoms with Gasteiger partial charge >= 0.3 is 0 Å². The number of benzene rings is 9. The molecular weight excluding hydrogens is 845 g/mol. The maximum Gasteiger partial charge on any atom is 0.194 e. The third kappa shape index (κ3) is 7.59. The quantitative estimate of drug-likeness (QED) is 0.142. The highest BCUT2D eigenvalue weighted by atomic mass is 15.0. The van der Waals surface area contributed by atoms with Crippen molar-refractivity contribution in [1.29, 1.82) is 10.5 Å². The molecule has 11 rings (SSSR count). The molecule has 0 saturated carbocycles. The summed E-state index contributed by atoms with van der Waals surface area (Å²) in [6.07, 6.45) is 0. The second-order valence-corrected chi connectivity index (χ2v) is 16.4. The van der Waals surface area contributed by atoms with Crippen molar-refractivity contribution in [3.63, 3.8) is 0 Å². The summed E-state index contributed by atoms with van der Waals surface area (Å²) in [6.45, 7) is 16.1. The zero-order valence-electron chi connectivity index (χ0n) is 36.7. The molecule has 0 aliphatic carbocycles. The molecule has 0 atom stereocenters. The number of aromatic nitrogens is 4. The molecule has 9 aromatic carbocycles. The molecular formula is C61H34N8. The Balaban J connectivity index is 1.28. The highest BCUT2D eigenvalue weighted by Gasteiger charge is 2.25. The normalized spacial score (nSPS) is 10.8. The topological polar surface area (TPSA) is 99.9 Å². The lowest BCUT2D eigenvalue weighted by Crippen LogP contribution is -2.04. The molecule has 0 unspecified atom stereocenters. The number of hydrogen-bond donors (Lipinski definition) is 0. The van der Waals surface area contributed by atoms with Crippen LogP contribution in [0.2, 0.25) is 0 Å². The molecule has 0 aliphatic rings. The first-order valence-corrected chi connectivity index (χ1v) is 22.1. The number of para-hydroxylation sites is 1. The summed E-state index contributed by atoms with van der Waals surface area (Å²) in [7, 11) is 0. The number of rotatable bonds is 8. The van der Waals surface area contributed by atoms with E-state index < -0.39 is 0 Å². The van der Waals surface area contributed by atoms with Crippen molar-refractivity contribution >= 4 is 33.2 Å². The number of hydrogen-bond acceptors (Lipinski definition) is 5. The Kier molecular flexibility index (Phi) is 10.6. The second kappa shape index (κ2) is 17.6. The van der Waals surface area contributed by atoms with Crippen LogP contribution >= 0.6 is 0 Å². The molecule has 318 valence electrons. The minimum Gasteiger partial charge on any atom is -0.308 e. The molecule has 0 fully saturated rings. The predicted molar refractivity (Wildman–Crippen MR) is 274 cm³/mol. The third-order valence-corrected chi connectivity index (χ3v) is 12.3. The first-order chi connectivity index (χ1) is 34.0. The lowest BCUT2D eigenvalue weighted by molar-refractivity contribution is 1.07. The monoisotopic (exact) mass is 878 g/mol. The maximum absolute atomic E-state index is 10.3. The first kappa shape index (κ1) is 41.5. The summed E-state index contributed by atoms with van der Waals surface area (Å²) in [4.78, 5) is 23.0. The average molecular weight is 879 g/mol. The van der Waals surface area contributed by atoms with E-state index >= 15 is 0 Å². The molecule has 0 bridgehead atoms. The van der Waals surface area contributed by atoms with E-state index in [4.69, 9.17) is 28.1 Å². The molecule has 0 spiro atoms. The van der Waals surface area contributed by atoms with Gasteiger partial charge in [0.05, 0.1) is 53.1 Å². The van der Waals surface area contributed by atoms with Crippen LogP contribution in [0, 0.1) is 35.8 Å². The zero-order valence-corrected chi connectivity index (χ0v) is 36.7. The molecule has 0 amide bonds. The van der Waals surface area contributed by atoms with Crippen LogP contribution < -0.4 is 0 Å². The van der Waals surface area contributed by atoms with Crippen molar-refractivity contribution in [2.75, 3.05) is 0 Å².